The molecule has 21 heavy (non-hydrogen) atoms. The van der Waals surface area contributed by atoms with E-state index in [1.165, 1.54) is 17.8 Å². The quantitative estimate of drug-likeness (QED) is 0.796. The van der Waals surface area contributed by atoms with Crippen LogP contribution in [0.2, 0.25) is 0 Å². The molecule has 0 radical (unpaired) electrons. The average Bonchev–Trinajstić information content (AvgIpc) is 2.87. The summed E-state index contributed by atoms with van der Waals surface area (Å²) in [4.78, 5) is 0. The standard InChI is InChI=1S/C13H16F2N4OS/c1-2-19-11(7-16)17-18-13(19)21-8-9-5-3-4-6-10(9)20-12(14)15/h3-6,12H,2,7-8,16H2,1H3. The molecule has 8 heteroatoms. The molecule has 0 aliphatic rings. The van der Waals surface area contributed by atoms with Gasteiger partial charge in [-0.1, -0.05) is 30.0 Å². The first-order valence-corrected chi connectivity index (χ1v) is 7.42. The summed E-state index contributed by atoms with van der Waals surface area (Å²) in [6.45, 7) is 0.156. The van der Waals surface area contributed by atoms with E-state index in [4.69, 9.17) is 5.73 Å². The fourth-order valence-electron chi connectivity index (χ4n) is 1.87. The molecule has 2 aromatic rings. The summed E-state index contributed by atoms with van der Waals surface area (Å²) >= 11 is 1.41. The topological polar surface area (TPSA) is 66.0 Å². The molecule has 1 heterocycles. The number of benzene rings is 1. The van der Waals surface area contributed by atoms with Crippen molar-refractivity contribution in [2.24, 2.45) is 5.73 Å². The summed E-state index contributed by atoms with van der Waals surface area (Å²) in [5.74, 6) is 1.35. The molecule has 2 N–H and O–H groups in total. The number of ether oxygens (including phenoxy) is 1. The van der Waals surface area contributed by atoms with Crippen molar-refractivity contribution in [1.82, 2.24) is 14.8 Å². The summed E-state index contributed by atoms with van der Waals surface area (Å²) in [6.07, 6.45) is 0. The van der Waals surface area contributed by atoms with Gasteiger partial charge in [-0.3, -0.25) is 0 Å². The summed E-state index contributed by atoms with van der Waals surface area (Å²) < 4.78 is 31.1. The summed E-state index contributed by atoms with van der Waals surface area (Å²) in [5.41, 5.74) is 6.27. The van der Waals surface area contributed by atoms with E-state index in [1.54, 1.807) is 18.2 Å². The van der Waals surface area contributed by atoms with Crippen LogP contribution >= 0.6 is 11.8 Å². The zero-order valence-electron chi connectivity index (χ0n) is 11.5. The molecule has 0 spiro atoms. The molecule has 0 unspecified atom stereocenters. The van der Waals surface area contributed by atoms with Crippen LogP contribution in [0.5, 0.6) is 5.75 Å². The number of hydrogen-bond donors (Lipinski definition) is 1. The van der Waals surface area contributed by atoms with Gasteiger partial charge < -0.3 is 15.0 Å². The SMILES string of the molecule is CCn1c(CN)nnc1SCc1ccccc1OC(F)F. The van der Waals surface area contributed by atoms with E-state index in [0.29, 0.717) is 35.4 Å². The number of thioether (sulfide) groups is 1. The van der Waals surface area contributed by atoms with Gasteiger partial charge in [-0.15, -0.1) is 10.2 Å². The van der Waals surface area contributed by atoms with E-state index < -0.39 is 6.61 Å². The molecule has 0 bridgehead atoms. The molecule has 0 aliphatic carbocycles. The second-order valence-corrected chi connectivity index (χ2v) is 5.06. The van der Waals surface area contributed by atoms with E-state index in [1.807, 2.05) is 11.5 Å². The van der Waals surface area contributed by atoms with Gasteiger partial charge in [0.15, 0.2) is 5.16 Å². The molecule has 114 valence electrons. The van der Waals surface area contributed by atoms with E-state index in [-0.39, 0.29) is 5.75 Å². The zero-order valence-corrected chi connectivity index (χ0v) is 12.3. The molecule has 0 saturated carbocycles. The highest BCUT2D eigenvalue weighted by atomic mass is 32.2. The van der Waals surface area contributed by atoms with Gasteiger partial charge in [0.25, 0.3) is 0 Å². The van der Waals surface area contributed by atoms with E-state index in [9.17, 15) is 8.78 Å². The van der Waals surface area contributed by atoms with Crippen molar-refractivity contribution in [2.75, 3.05) is 0 Å². The van der Waals surface area contributed by atoms with Gasteiger partial charge in [0.1, 0.15) is 11.6 Å². The first-order chi connectivity index (χ1) is 10.2. The predicted octanol–water partition coefficient (Wildman–Crippen LogP) is 2.65. The van der Waals surface area contributed by atoms with Crippen LogP contribution in [0.3, 0.4) is 0 Å². The zero-order chi connectivity index (χ0) is 15.2. The second kappa shape index (κ2) is 7.37. The minimum absolute atomic E-state index is 0.182. The maximum absolute atomic E-state index is 12.4. The minimum Gasteiger partial charge on any atom is -0.435 e. The van der Waals surface area contributed by atoms with Crippen LogP contribution in [0.4, 0.5) is 8.78 Å². The molecule has 0 saturated heterocycles. The number of aromatic nitrogens is 3. The number of alkyl halides is 2. The lowest BCUT2D eigenvalue weighted by atomic mass is 10.2. The first kappa shape index (κ1) is 15.7. The number of rotatable bonds is 7. The van der Waals surface area contributed by atoms with Gasteiger partial charge in [-0.2, -0.15) is 8.78 Å². The van der Waals surface area contributed by atoms with Crippen LogP contribution in [0.1, 0.15) is 18.3 Å². The van der Waals surface area contributed by atoms with Gasteiger partial charge in [-0.05, 0) is 13.0 Å². The Labute approximate surface area is 125 Å². The Morgan fingerprint density at radius 3 is 2.76 bits per heavy atom. The van der Waals surface area contributed by atoms with Crippen molar-refractivity contribution >= 4 is 11.8 Å². The second-order valence-electron chi connectivity index (χ2n) is 4.12. The van der Waals surface area contributed by atoms with Crippen LogP contribution in [-0.2, 0) is 18.8 Å². The Bertz CT molecular complexity index is 591. The number of nitrogens with zero attached hydrogens (tertiary/aromatic N) is 3. The van der Waals surface area contributed by atoms with Crippen LogP contribution in [0.25, 0.3) is 0 Å². The molecule has 1 aromatic carbocycles. The lowest BCUT2D eigenvalue weighted by Crippen LogP contribution is -2.08. The Hall–Kier alpha value is -1.67. The van der Waals surface area contributed by atoms with E-state index in [2.05, 4.69) is 14.9 Å². The van der Waals surface area contributed by atoms with E-state index >= 15 is 0 Å². The molecule has 2 rings (SSSR count). The molecule has 5 nitrogen and oxygen atoms in total. The molecule has 0 aliphatic heterocycles. The van der Waals surface area contributed by atoms with Crippen molar-refractivity contribution < 1.29 is 13.5 Å². The summed E-state index contributed by atoms with van der Waals surface area (Å²) in [6, 6.07) is 6.72. The van der Waals surface area contributed by atoms with Gasteiger partial charge in [0.2, 0.25) is 0 Å². The average molecular weight is 314 g/mol. The fraction of sp³-hybridized carbons (Fsp3) is 0.385. The third-order valence-electron chi connectivity index (χ3n) is 2.84. The monoisotopic (exact) mass is 314 g/mol. The number of para-hydroxylation sites is 1. The maximum atomic E-state index is 12.4. The largest absolute Gasteiger partial charge is 0.435 e. The van der Waals surface area contributed by atoms with Gasteiger partial charge in [0.05, 0.1) is 6.54 Å². The first-order valence-electron chi connectivity index (χ1n) is 6.43. The summed E-state index contributed by atoms with van der Waals surface area (Å²) in [5, 5.41) is 8.79. The lowest BCUT2D eigenvalue weighted by molar-refractivity contribution is -0.0503. The highest BCUT2D eigenvalue weighted by Crippen LogP contribution is 2.28. The smallest absolute Gasteiger partial charge is 0.387 e. The number of hydrogen-bond acceptors (Lipinski definition) is 5. The Kier molecular flexibility index (Phi) is 5.51. The number of halogens is 2. The molecular formula is C13H16F2N4OS. The Balaban J connectivity index is 2.11. The summed E-state index contributed by atoms with van der Waals surface area (Å²) in [7, 11) is 0. The predicted molar refractivity (Wildman–Crippen MR) is 76.2 cm³/mol. The van der Waals surface area contributed by atoms with Crippen molar-refractivity contribution in [2.45, 2.75) is 37.5 Å². The number of nitrogens with two attached hydrogens (primary N) is 1. The maximum Gasteiger partial charge on any atom is 0.387 e. The Morgan fingerprint density at radius 1 is 1.33 bits per heavy atom. The molecular weight excluding hydrogens is 298 g/mol. The van der Waals surface area contributed by atoms with Gasteiger partial charge in [-0.25, -0.2) is 0 Å². The molecule has 0 fully saturated rings. The third-order valence-corrected chi connectivity index (χ3v) is 3.85. The normalized spacial score (nSPS) is 11.1. The Morgan fingerprint density at radius 2 is 2.10 bits per heavy atom. The fourth-order valence-corrected chi connectivity index (χ4v) is 2.88. The molecule has 0 atom stereocenters. The van der Waals surface area contributed by atoms with Crippen molar-refractivity contribution in [3.8, 4) is 5.75 Å². The third kappa shape index (κ3) is 3.92. The van der Waals surface area contributed by atoms with E-state index in [0.717, 1.165) is 0 Å². The lowest BCUT2D eigenvalue weighted by Gasteiger charge is -2.10. The van der Waals surface area contributed by atoms with Gasteiger partial charge in [0, 0.05) is 17.9 Å². The minimum atomic E-state index is -2.83. The van der Waals surface area contributed by atoms with Crippen molar-refractivity contribution in [3.05, 3.63) is 35.7 Å². The van der Waals surface area contributed by atoms with Gasteiger partial charge >= 0.3 is 6.61 Å². The van der Waals surface area contributed by atoms with Crippen molar-refractivity contribution in [3.63, 3.8) is 0 Å². The molecule has 0 amide bonds. The van der Waals surface area contributed by atoms with Crippen LogP contribution < -0.4 is 10.5 Å². The highest BCUT2D eigenvalue weighted by molar-refractivity contribution is 7.98. The van der Waals surface area contributed by atoms with Crippen LogP contribution in [0, 0.1) is 0 Å². The van der Waals surface area contributed by atoms with Crippen molar-refractivity contribution in [1.29, 1.82) is 0 Å². The molecule has 1 aromatic heterocycles. The highest BCUT2D eigenvalue weighted by Gasteiger charge is 2.13. The van der Waals surface area contributed by atoms with Crippen LogP contribution in [-0.4, -0.2) is 21.4 Å². The van der Waals surface area contributed by atoms with Crippen LogP contribution in [0.15, 0.2) is 29.4 Å².